The van der Waals surface area contributed by atoms with E-state index in [0.29, 0.717) is 0 Å². The fourth-order valence-corrected chi connectivity index (χ4v) is 0.658. The fraction of sp³-hybridized carbons (Fsp3) is 0.600. The van der Waals surface area contributed by atoms with Crippen LogP contribution in [0, 0.1) is 0 Å². The van der Waals surface area contributed by atoms with Crippen LogP contribution in [0.5, 0.6) is 0 Å². The second-order valence-corrected chi connectivity index (χ2v) is 1.59. The van der Waals surface area contributed by atoms with Crippen LogP contribution in [-0.2, 0) is 4.79 Å². The van der Waals surface area contributed by atoms with Crippen molar-refractivity contribution >= 4 is 12.0 Å². The lowest BCUT2D eigenvalue weighted by atomic mass is 10.3. The number of aliphatic imine (C=N–C) groups is 1. The average Bonchev–Trinajstić information content (AvgIpc) is 2.14. The summed E-state index contributed by atoms with van der Waals surface area (Å²) < 4.78 is 0. The van der Waals surface area contributed by atoms with Crippen LogP contribution >= 0.6 is 0 Å². The van der Waals surface area contributed by atoms with Gasteiger partial charge in [0.05, 0.1) is 5.71 Å². The molecular formula is C5H7NO. The quantitative estimate of drug-likeness (QED) is 0.436. The first-order chi connectivity index (χ1) is 3.43. The van der Waals surface area contributed by atoms with Gasteiger partial charge < -0.3 is 0 Å². The Hall–Kier alpha value is -0.660. The monoisotopic (exact) mass is 97.1 g/mol. The molecule has 0 aromatic rings. The third-order valence-electron chi connectivity index (χ3n) is 1.04. The Morgan fingerprint density at radius 1 is 1.71 bits per heavy atom. The Balaban J connectivity index is 2.51. The van der Waals surface area contributed by atoms with Gasteiger partial charge in [-0.1, -0.05) is 0 Å². The molecular weight excluding hydrogens is 90.1 g/mol. The van der Waals surface area contributed by atoms with Gasteiger partial charge in [-0.2, -0.15) is 0 Å². The van der Waals surface area contributed by atoms with Crippen molar-refractivity contribution in [3.63, 3.8) is 0 Å². The van der Waals surface area contributed by atoms with Crippen LogP contribution in [0.4, 0.5) is 0 Å². The van der Waals surface area contributed by atoms with Crippen molar-refractivity contribution < 1.29 is 4.79 Å². The first kappa shape index (κ1) is 4.50. The Labute approximate surface area is 42.3 Å². The zero-order valence-corrected chi connectivity index (χ0v) is 4.05. The van der Waals surface area contributed by atoms with Crippen LogP contribution in [0.2, 0.25) is 0 Å². The van der Waals surface area contributed by atoms with E-state index in [9.17, 15) is 4.79 Å². The second-order valence-electron chi connectivity index (χ2n) is 1.59. The van der Waals surface area contributed by atoms with E-state index >= 15 is 0 Å². The molecule has 1 heterocycles. The highest BCUT2D eigenvalue weighted by molar-refractivity contribution is 6.28. The van der Waals surface area contributed by atoms with E-state index in [-0.39, 0.29) is 0 Å². The van der Waals surface area contributed by atoms with Gasteiger partial charge in [0.2, 0.25) is 0 Å². The number of carbonyl (C=O) groups is 1. The number of carbonyl (C=O) groups excluding carboxylic acids is 1. The number of nitrogens with zero attached hydrogens (tertiary/aromatic N) is 1. The van der Waals surface area contributed by atoms with E-state index < -0.39 is 0 Å². The van der Waals surface area contributed by atoms with Crippen LogP contribution in [0.1, 0.15) is 12.8 Å². The van der Waals surface area contributed by atoms with Gasteiger partial charge in [-0.25, -0.2) is 0 Å². The van der Waals surface area contributed by atoms with Gasteiger partial charge >= 0.3 is 0 Å². The summed E-state index contributed by atoms with van der Waals surface area (Å²) in [5, 5.41) is 0. The third kappa shape index (κ3) is 0.856. The van der Waals surface area contributed by atoms with Gasteiger partial charge in [-0.05, 0) is 12.8 Å². The number of rotatable bonds is 1. The first-order valence-corrected chi connectivity index (χ1v) is 2.42. The molecule has 1 aliphatic rings. The molecule has 7 heavy (non-hydrogen) atoms. The van der Waals surface area contributed by atoms with Gasteiger partial charge in [0.25, 0.3) is 0 Å². The molecule has 0 radical (unpaired) electrons. The minimum atomic E-state index is 0.736. The Bertz CT molecular complexity index is 107. The summed E-state index contributed by atoms with van der Waals surface area (Å²) in [6.45, 7) is 0.855. The van der Waals surface area contributed by atoms with Crippen LogP contribution in [-0.4, -0.2) is 18.5 Å². The molecule has 0 atom stereocenters. The molecule has 0 spiro atoms. The second kappa shape index (κ2) is 1.87. The van der Waals surface area contributed by atoms with Crippen LogP contribution in [0.15, 0.2) is 4.99 Å². The third-order valence-corrected chi connectivity index (χ3v) is 1.04. The molecule has 0 saturated heterocycles. The van der Waals surface area contributed by atoms with E-state index in [4.69, 9.17) is 0 Å². The minimum absolute atomic E-state index is 0.736. The summed E-state index contributed by atoms with van der Waals surface area (Å²) in [5.74, 6) is 0. The lowest BCUT2D eigenvalue weighted by molar-refractivity contribution is -0.102. The van der Waals surface area contributed by atoms with Gasteiger partial charge in [-0.3, -0.25) is 9.79 Å². The van der Waals surface area contributed by atoms with Gasteiger partial charge in [0.1, 0.15) is 0 Å². The molecule has 0 aliphatic carbocycles. The van der Waals surface area contributed by atoms with Crippen LogP contribution in [0.3, 0.4) is 0 Å². The molecule has 1 rings (SSSR count). The molecule has 0 aromatic heterocycles. The predicted molar refractivity (Wildman–Crippen MR) is 27.6 cm³/mol. The van der Waals surface area contributed by atoms with Gasteiger partial charge in [0.15, 0.2) is 6.29 Å². The molecule has 38 valence electrons. The van der Waals surface area contributed by atoms with Gasteiger partial charge in [0, 0.05) is 6.54 Å². The molecule has 0 N–H and O–H groups in total. The topological polar surface area (TPSA) is 29.4 Å². The van der Waals surface area contributed by atoms with Crippen molar-refractivity contribution in [2.24, 2.45) is 4.99 Å². The summed E-state index contributed by atoms with van der Waals surface area (Å²) in [5.41, 5.74) is 0.736. The summed E-state index contributed by atoms with van der Waals surface area (Å²) in [6, 6.07) is 0. The highest BCUT2D eigenvalue weighted by atomic mass is 16.1. The maximum atomic E-state index is 9.88. The van der Waals surface area contributed by atoms with Crippen molar-refractivity contribution in [1.29, 1.82) is 0 Å². The van der Waals surface area contributed by atoms with Crippen molar-refractivity contribution in [3.05, 3.63) is 0 Å². The van der Waals surface area contributed by atoms with E-state index in [1.165, 1.54) is 0 Å². The van der Waals surface area contributed by atoms with E-state index in [1.54, 1.807) is 0 Å². The smallest absolute Gasteiger partial charge is 0.163 e. The van der Waals surface area contributed by atoms with Crippen molar-refractivity contribution in [2.75, 3.05) is 6.54 Å². The highest BCUT2D eigenvalue weighted by Crippen LogP contribution is 2.00. The van der Waals surface area contributed by atoms with Crippen molar-refractivity contribution in [3.8, 4) is 0 Å². The number of hydrogen-bond acceptors (Lipinski definition) is 2. The fourth-order valence-electron chi connectivity index (χ4n) is 0.658. The zero-order valence-electron chi connectivity index (χ0n) is 4.05. The average molecular weight is 97.1 g/mol. The summed E-state index contributed by atoms with van der Waals surface area (Å²) in [4.78, 5) is 13.8. The lowest BCUT2D eigenvalue weighted by Gasteiger charge is -1.75. The maximum absolute atomic E-state index is 9.88. The summed E-state index contributed by atoms with van der Waals surface area (Å²) in [7, 11) is 0. The first-order valence-electron chi connectivity index (χ1n) is 2.42. The Morgan fingerprint density at radius 2 is 2.57 bits per heavy atom. The van der Waals surface area contributed by atoms with E-state index in [2.05, 4.69) is 4.99 Å². The zero-order chi connectivity index (χ0) is 5.11. The van der Waals surface area contributed by atoms with Gasteiger partial charge in [-0.15, -0.1) is 0 Å². The highest BCUT2D eigenvalue weighted by Gasteiger charge is 2.01. The summed E-state index contributed by atoms with van der Waals surface area (Å²) in [6.07, 6.45) is 2.80. The van der Waals surface area contributed by atoms with Crippen molar-refractivity contribution in [1.82, 2.24) is 0 Å². The molecule has 0 amide bonds. The molecule has 2 nitrogen and oxygen atoms in total. The van der Waals surface area contributed by atoms with Crippen molar-refractivity contribution in [2.45, 2.75) is 12.8 Å². The molecule has 2 heteroatoms. The minimum Gasteiger partial charge on any atom is -0.297 e. The number of aldehydes is 1. The maximum Gasteiger partial charge on any atom is 0.163 e. The number of hydrogen-bond donors (Lipinski definition) is 0. The molecule has 0 saturated carbocycles. The Morgan fingerprint density at radius 3 is 2.86 bits per heavy atom. The molecule has 0 aromatic carbocycles. The molecule has 0 fully saturated rings. The van der Waals surface area contributed by atoms with Crippen LogP contribution < -0.4 is 0 Å². The Kier molecular flexibility index (Phi) is 1.20. The molecule has 0 unspecified atom stereocenters. The lowest BCUT2D eigenvalue weighted by Crippen LogP contribution is -1.90. The molecule has 1 aliphatic heterocycles. The SMILES string of the molecule is O=CC1=NCCC1. The normalized spacial score (nSPS) is 19.1. The summed E-state index contributed by atoms with van der Waals surface area (Å²) >= 11 is 0. The standard InChI is InChI=1S/C5H7NO/c7-4-5-2-1-3-6-5/h4H,1-3H2. The predicted octanol–water partition coefficient (Wildman–Crippen LogP) is 0.420. The largest absolute Gasteiger partial charge is 0.297 e. The van der Waals surface area contributed by atoms with E-state index in [1.807, 2.05) is 0 Å². The van der Waals surface area contributed by atoms with Crippen LogP contribution in [0.25, 0.3) is 0 Å². The van der Waals surface area contributed by atoms with E-state index in [0.717, 1.165) is 31.4 Å². The molecule has 0 bridgehead atoms.